The minimum Gasteiger partial charge on any atom is -0.298 e. The Morgan fingerprint density at radius 3 is 2.50 bits per heavy atom. The van der Waals surface area contributed by atoms with Crippen molar-refractivity contribution in [1.82, 2.24) is 0 Å². The molecule has 0 aromatic carbocycles. The molecule has 2 aliphatic rings. The summed E-state index contributed by atoms with van der Waals surface area (Å²) in [5, 5.41) is 0.330. The van der Waals surface area contributed by atoms with Gasteiger partial charge in [0.1, 0.15) is 5.78 Å². The highest BCUT2D eigenvalue weighted by molar-refractivity contribution is 8.07. The van der Waals surface area contributed by atoms with Gasteiger partial charge in [0.15, 0.2) is 0 Å². The number of hydrogen-bond acceptors (Lipinski definition) is 3. The predicted octanol–water partition coefficient (Wildman–Crippen LogP) is 2.98. The lowest BCUT2D eigenvalue weighted by atomic mass is 9.85. The molecule has 1 saturated carbocycles. The molecule has 0 radical (unpaired) electrons. The van der Waals surface area contributed by atoms with Gasteiger partial charge in [-0.05, 0) is 12.8 Å². The molecule has 2 fully saturated rings. The number of carbonyl (C=O) groups is 1. The summed E-state index contributed by atoms with van der Waals surface area (Å²) in [6.07, 6.45) is 6.24. The summed E-state index contributed by atoms with van der Waals surface area (Å²) in [5.41, 5.74) is 0. The van der Waals surface area contributed by atoms with E-state index in [1.165, 1.54) is 43.6 Å². The zero-order valence-corrected chi connectivity index (χ0v) is 10.2. The summed E-state index contributed by atoms with van der Waals surface area (Å²) >= 11 is 3.85. The van der Waals surface area contributed by atoms with Crippen molar-refractivity contribution < 1.29 is 4.79 Å². The minimum absolute atomic E-state index is 0.330. The maximum absolute atomic E-state index is 12.1. The molecule has 0 amide bonds. The third kappa shape index (κ3) is 2.69. The average molecular weight is 230 g/mol. The van der Waals surface area contributed by atoms with Crippen LogP contribution in [0.5, 0.6) is 0 Å². The molecule has 0 aromatic heterocycles. The van der Waals surface area contributed by atoms with E-state index >= 15 is 0 Å². The number of hydrogen-bond donors (Lipinski definition) is 0. The molecule has 0 N–H and O–H groups in total. The van der Waals surface area contributed by atoms with Gasteiger partial charge in [-0.2, -0.15) is 11.8 Å². The van der Waals surface area contributed by atoms with Crippen LogP contribution in [-0.4, -0.2) is 28.3 Å². The highest BCUT2D eigenvalue weighted by Gasteiger charge is 2.29. The molecule has 1 saturated heterocycles. The van der Waals surface area contributed by atoms with E-state index in [0.717, 1.165) is 5.75 Å². The lowest BCUT2D eigenvalue weighted by Crippen LogP contribution is -2.31. The van der Waals surface area contributed by atoms with E-state index in [-0.39, 0.29) is 0 Å². The fourth-order valence-electron chi connectivity index (χ4n) is 2.30. The SMILES string of the molecule is O=C(C1CCCCC1)C1CSCCS1. The second-order valence-corrected chi connectivity index (χ2v) is 6.63. The van der Waals surface area contributed by atoms with E-state index in [4.69, 9.17) is 0 Å². The summed E-state index contributed by atoms with van der Waals surface area (Å²) in [7, 11) is 0. The van der Waals surface area contributed by atoms with Crippen LogP contribution >= 0.6 is 23.5 Å². The molecular formula is C11H18OS2. The highest BCUT2D eigenvalue weighted by atomic mass is 32.2. The van der Waals surface area contributed by atoms with Crippen molar-refractivity contribution in [2.45, 2.75) is 37.4 Å². The average Bonchev–Trinajstić information content (AvgIpc) is 2.30. The van der Waals surface area contributed by atoms with Crippen LogP contribution in [0.15, 0.2) is 0 Å². The summed E-state index contributed by atoms with van der Waals surface area (Å²) in [6.45, 7) is 0. The molecule has 0 bridgehead atoms. The first-order valence-electron chi connectivity index (χ1n) is 5.61. The molecule has 0 spiro atoms. The zero-order chi connectivity index (χ0) is 9.80. The van der Waals surface area contributed by atoms with Crippen molar-refractivity contribution in [3.63, 3.8) is 0 Å². The largest absolute Gasteiger partial charge is 0.298 e. The predicted molar refractivity (Wildman–Crippen MR) is 65.2 cm³/mol. The van der Waals surface area contributed by atoms with Gasteiger partial charge in [0.25, 0.3) is 0 Å². The summed E-state index contributed by atoms with van der Waals surface area (Å²) in [6, 6.07) is 0. The monoisotopic (exact) mass is 230 g/mol. The molecular weight excluding hydrogens is 212 g/mol. The highest BCUT2D eigenvalue weighted by Crippen LogP contribution is 2.32. The van der Waals surface area contributed by atoms with Gasteiger partial charge in [-0.1, -0.05) is 19.3 Å². The van der Waals surface area contributed by atoms with Crippen LogP contribution in [0.2, 0.25) is 0 Å². The van der Waals surface area contributed by atoms with E-state index in [9.17, 15) is 4.79 Å². The van der Waals surface area contributed by atoms with Crippen molar-refractivity contribution in [1.29, 1.82) is 0 Å². The van der Waals surface area contributed by atoms with Gasteiger partial charge in [-0.25, -0.2) is 0 Å². The Balaban J connectivity index is 1.85. The normalized spacial score (nSPS) is 30.1. The first kappa shape index (κ1) is 10.9. The fourth-order valence-corrected chi connectivity index (χ4v) is 5.02. The molecule has 2 rings (SSSR count). The Bertz CT molecular complexity index is 173. The molecule has 1 aliphatic heterocycles. The lowest BCUT2D eigenvalue weighted by Gasteiger charge is -2.26. The van der Waals surface area contributed by atoms with E-state index in [0.29, 0.717) is 17.0 Å². The summed E-state index contributed by atoms with van der Waals surface area (Å²) in [4.78, 5) is 12.1. The van der Waals surface area contributed by atoms with Gasteiger partial charge in [0.2, 0.25) is 0 Å². The van der Waals surface area contributed by atoms with Gasteiger partial charge >= 0.3 is 0 Å². The van der Waals surface area contributed by atoms with E-state index in [1.54, 1.807) is 0 Å². The number of rotatable bonds is 2. The second-order valence-electron chi connectivity index (χ2n) is 4.17. The van der Waals surface area contributed by atoms with E-state index in [2.05, 4.69) is 0 Å². The van der Waals surface area contributed by atoms with Gasteiger partial charge in [0, 0.05) is 23.2 Å². The second kappa shape index (κ2) is 5.45. The minimum atomic E-state index is 0.330. The molecule has 3 heteroatoms. The van der Waals surface area contributed by atoms with Crippen LogP contribution in [0.25, 0.3) is 0 Å². The maximum Gasteiger partial charge on any atom is 0.149 e. The van der Waals surface area contributed by atoms with Gasteiger partial charge in [-0.3, -0.25) is 4.79 Å². The molecule has 1 aliphatic carbocycles. The third-order valence-electron chi connectivity index (χ3n) is 3.14. The lowest BCUT2D eigenvalue weighted by molar-refractivity contribution is -0.122. The van der Waals surface area contributed by atoms with Crippen LogP contribution < -0.4 is 0 Å². The van der Waals surface area contributed by atoms with Crippen molar-refractivity contribution in [3.05, 3.63) is 0 Å². The first-order chi connectivity index (χ1) is 6.88. The zero-order valence-electron chi connectivity index (χ0n) is 8.54. The molecule has 1 atom stereocenters. The molecule has 1 nitrogen and oxygen atoms in total. The Morgan fingerprint density at radius 1 is 1.07 bits per heavy atom. The number of Topliss-reactive ketones (excluding diaryl/α,β-unsaturated/α-hetero) is 1. The van der Waals surface area contributed by atoms with Crippen molar-refractivity contribution in [2.75, 3.05) is 17.3 Å². The maximum atomic E-state index is 12.1. The molecule has 0 aromatic rings. The first-order valence-corrected chi connectivity index (χ1v) is 7.81. The Labute approximate surface area is 94.8 Å². The Kier molecular flexibility index (Phi) is 4.24. The van der Waals surface area contributed by atoms with Crippen molar-refractivity contribution >= 4 is 29.3 Å². The van der Waals surface area contributed by atoms with Crippen molar-refractivity contribution in [2.24, 2.45) is 5.92 Å². The number of thioether (sulfide) groups is 2. The number of ketones is 1. The fraction of sp³-hybridized carbons (Fsp3) is 0.909. The summed E-state index contributed by atoms with van der Waals surface area (Å²) in [5.74, 6) is 4.47. The van der Waals surface area contributed by atoms with Crippen LogP contribution in [0.1, 0.15) is 32.1 Å². The molecule has 1 heterocycles. The molecule has 1 unspecified atom stereocenters. The summed E-state index contributed by atoms with van der Waals surface area (Å²) < 4.78 is 0. The molecule has 14 heavy (non-hydrogen) atoms. The van der Waals surface area contributed by atoms with Crippen LogP contribution in [-0.2, 0) is 4.79 Å². The van der Waals surface area contributed by atoms with E-state index < -0.39 is 0 Å². The number of carbonyl (C=O) groups excluding carboxylic acids is 1. The van der Waals surface area contributed by atoms with Crippen LogP contribution in [0.4, 0.5) is 0 Å². The van der Waals surface area contributed by atoms with Gasteiger partial charge in [-0.15, -0.1) is 11.8 Å². The molecule has 80 valence electrons. The third-order valence-corrected chi connectivity index (χ3v) is 5.91. The Morgan fingerprint density at radius 2 is 1.86 bits per heavy atom. The topological polar surface area (TPSA) is 17.1 Å². The Hall–Kier alpha value is 0.370. The van der Waals surface area contributed by atoms with Crippen LogP contribution in [0.3, 0.4) is 0 Å². The van der Waals surface area contributed by atoms with Crippen molar-refractivity contribution in [3.8, 4) is 0 Å². The quantitative estimate of drug-likeness (QED) is 0.726. The smallest absolute Gasteiger partial charge is 0.149 e. The van der Waals surface area contributed by atoms with Crippen LogP contribution in [0, 0.1) is 5.92 Å². The van der Waals surface area contributed by atoms with Gasteiger partial charge in [0.05, 0.1) is 5.25 Å². The van der Waals surface area contributed by atoms with Gasteiger partial charge < -0.3 is 0 Å². The van der Waals surface area contributed by atoms with E-state index in [1.807, 2.05) is 23.5 Å². The standard InChI is InChI=1S/C11H18OS2/c12-11(9-4-2-1-3-5-9)10-8-13-6-7-14-10/h9-10H,1-8H2.